The van der Waals surface area contributed by atoms with Crippen LogP contribution in [0.5, 0.6) is 17.2 Å². The van der Waals surface area contributed by atoms with Gasteiger partial charge in [0.2, 0.25) is 0 Å². The third-order valence-electron chi connectivity index (χ3n) is 6.74. The lowest BCUT2D eigenvalue weighted by Crippen LogP contribution is -2.47. The minimum Gasteiger partial charge on any atom is -0.486 e. The summed E-state index contributed by atoms with van der Waals surface area (Å²) in [7, 11) is 0. The Hall–Kier alpha value is -4.00. The van der Waals surface area contributed by atoms with E-state index < -0.39 is 12.7 Å². The number of hydrogen-bond donors (Lipinski definition) is 1. The van der Waals surface area contributed by atoms with E-state index >= 15 is 0 Å². The predicted octanol–water partition coefficient (Wildman–Crippen LogP) is 2.81. The molecule has 0 unspecified atom stereocenters. The molecule has 202 valence electrons. The van der Waals surface area contributed by atoms with Crippen LogP contribution in [0.1, 0.15) is 18.5 Å². The molecule has 3 aromatic rings. The molecule has 38 heavy (non-hydrogen) atoms. The van der Waals surface area contributed by atoms with Gasteiger partial charge in [0, 0.05) is 50.4 Å². The topological polar surface area (TPSA) is 119 Å². The predicted molar refractivity (Wildman–Crippen MR) is 131 cm³/mol. The molecule has 11 nitrogen and oxygen atoms in total. The van der Waals surface area contributed by atoms with E-state index in [-0.39, 0.29) is 23.9 Å². The van der Waals surface area contributed by atoms with E-state index in [4.69, 9.17) is 9.47 Å². The van der Waals surface area contributed by atoms with Crippen LogP contribution in [0.25, 0.3) is 11.0 Å². The summed E-state index contributed by atoms with van der Waals surface area (Å²) in [6.45, 7) is 0.166. The first-order valence-electron chi connectivity index (χ1n) is 12.3. The summed E-state index contributed by atoms with van der Waals surface area (Å²) in [6, 6.07) is 5.86. The summed E-state index contributed by atoms with van der Waals surface area (Å²) in [5, 5.41) is 9.88. The Kier molecular flexibility index (Phi) is 7.54. The third kappa shape index (κ3) is 5.77. The van der Waals surface area contributed by atoms with Gasteiger partial charge in [-0.25, -0.2) is 4.79 Å². The van der Waals surface area contributed by atoms with Crippen molar-refractivity contribution in [2.24, 2.45) is 0 Å². The van der Waals surface area contributed by atoms with Gasteiger partial charge in [-0.05, 0) is 18.9 Å². The molecule has 0 saturated carbocycles. The highest BCUT2D eigenvalue weighted by Gasteiger charge is 2.29. The lowest BCUT2D eigenvalue weighted by molar-refractivity contribution is -0.0499. The van der Waals surface area contributed by atoms with Crippen LogP contribution < -0.4 is 19.8 Å². The van der Waals surface area contributed by atoms with E-state index in [9.17, 15) is 23.5 Å². The fourth-order valence-corrected chi connectivity index (χ4v) is 4.85. The second-order valence-corrected chi connectivity index (χ2v) is 9.08. The van der Waals surface area contributed by atoms with Gasteiger partial charge in [0.1, 0.15) is 19.0 Å². The highest BCUT2D eigenvalue weighted by atomic mass is 19.3. The number of likely N-dealkylation sites (tertiary alicyclic amines) is 1. The van der Waals surface area contributed by atoms with Crippen molar-refractivity contribution in [3.63, 3.8) is 0 Å². The van der Waals surface area contributed by atoms with Crippen molar-refractivity contribution in [3.8, 4) is 17.2 Å². The number of aromatic nitrogens is 3. The molecular formula is C25H27F2N5O6. The zero-order chi connectivity index (χ0) is 26.6. The molecule has 0 spiro atoms. The molecule has 2 aliphatic heterocycles. The van der Waals surface area contributed by atoms with Crippen LogP contribution in [0.4, 0.5) is 13.6 Å². The Morgan fingerprint density at radius 3 is 2.61 bits per heavy atom. The van der Waals surface area contributed by atoms with Gasteiger partial charge in [0.15, 0.2) is 11.5 Å². The molecule has 1 fully saturated rings. The number of rotatable bonds is 8. The van der Waals surface area contributed by atoms with E-state index in [1.807, 2.05) is 0 Å². The maximum absolute atomic E-state index is 12.6. The Morgan fingerprint density at radius 2 is 1.87 bits per heavy atom. The molecule has 0 aliphatic carbocycles. The van der Waals surface area contributed by atoms with Gasteiger partial charge < -0.3 is 28.8 Å². The second kappa shape index (κ2) is 11.2. The zero-order valence-corrected chi connectivity index (χ0v) is 20.5. The van der Waals surface area contributed by atoms with Crippen LogP contribution in [-0.2, 0) is 13.1 Å². The van der Waals surface area contributed by atoms with Crippen LogP contribution in [0.2, 0.25) is 0 Å². The minimum absolute atomic E-state index is 0.117. The molecule has 0 atom stereocenters. The molecular weight excluding hydrogens is 504 g/mol. The maximum atomic E-state index is 12.6. The number of piperidine rings is 1. The molecule has 1 N–H and O–H groups in total. The number of alkyl halides is 2. The van der Waals surface area contributed by atoms with Crippen molar-refractivity contribution in [2.75, 3.05) is 32.8 Å². The van der Waals surface area contributed by atoms with Crippen molar-refractivity contribution in [1.29, 1.82) is 0 Å². The summed E-state index contributed by atoms with van der Waals surface area (Å²) >= 11 is 0. The van der Waals surface area contributed by atoms with Crippen LogP contribution in [0.3, 0.4) is 0 Å². The largest absolute Gasteiger partial charge is 0.486 e. The highest BCUT2D eigenvalue weighted by molar-refractivity contribution is 5.75. The fraction of sp³-hybridized carbons (Fsp3) is 0.440. The quantitative estimate of drug-likeness (QED) is 0.468. The number of nitrogens with zero attached hydrogens (tertiary/aromatic N) is 5. The Bertz CT molecular complexity index is 1360. The molecule has 1 saturated heterocycles. The van der Waals surface area contributed by atoms with Crippen LogP contribution >= 0.6 is 0 Å². The second-order valence-electron chi connectivity index (χ2n) is 9.08. The summed E-state index contributed by atoms with van der Waals surface area (Å²) in [5.41, 5.74) is 1.22. The van der Waals surface area contributed by atoms with Gasteiger partial charge in [-0.15, -0.1) is 0 Å². The van der Waals surface area contributed by atoms with Gasteiger partial charge in [0.25, 0.3) is 5.56 Å². The van der Waals surface area contributed by atoms with Crippen molar-refractivity contribution in [3.05, 3.63) is 52.7 Å². The monoisotopic (exact) mass is 531 g/mol. The number of fused-ring (bicyclic) bond motifs is 2. The highest BCUT2D eigenvalue weighted by Crippen LogP contribution is 2.30. The standard InChI is InChI=1S/C25H27F2N5O6/c26-24(27)38-18-12-20-19(29-13-18)1-2-23(33)31(20)8-7-30-5-3-17(4-6-30)32(25(34)35)15-16-11-21-22(14-28-16)37-10-9-36-21/h1-2,11-14,17,24H,3-10,15H2,(H,34,35). The van der Waals surface area contributed by atoms with Crippen LogP contribution in [-0.4, -0.2) is 81.0 Å². The van der Waals surface area contributed by atoms with E-state index in [0.717, 1.165) is 0 Å². The van der Waals surface area contributed by atoms with E-state index in [0.29, 0.717) is 80.5 Å². The van der Waals surface area contributed by atoms with Crippen molar-refractivity contribution in [1.82, 2.24) is 24.3 Å². The average molecular weight is 532 g/mol. The lowest BCUT2D eigenvalue weighted by Gasteiger charge is -2.37. The first-order chi connectivity index (χ1) is 18.4. The Morgan fingerprint density at radius 1 is 1.11 bits per heavy atom. The molecule has 0 radical (unpaired) electrons. The van der Waals surface area contributed by atoms with Crippen molar-refractivity contribution < 1.29 is 32.9 Å². The molecule has 3 aromatic heterocycles. The van der Waals surface area contributed by atoms with E-state index in [1.54, 1.807) is 18.3 Å². The molecule has 0 aromatic carbocycles. The molecule has 5 rings (SSSR count). The molecule has 2 aliphatic rings. The summed E-state index contributed by atoms with van der Waals surface area (Å²) in [4.78, 5) is 36.6. The summed E-state index contributed by atoms with van der Waals surface area (Å²) in [6.07, 6.45) is 2.98. The molecule has 13 heteroatoms. The van der Waals surface area contributed by atoms with E-state index in [2.05, 4.69) is 19.6 Å². The number of carbonyl (C=O) groups is 1. The first-order valence-corrected chi connectivity index (χ1v) is 12.3. The number of ether oxygens (including phenoxy) is 3. The van der Waals surface area contributed by atoms with Crippen molar-refractivity contribution in [2.45, 2.75) is 38.6 Å². The van der Waals surface area contributed by atoms with E-state index in [1.165, 1.54) is 27.8 Å². The number of hydrogen-bond acceptors (Lipinski definition) is 8. The zero-order valence-electron chi connectivity index (χ0n) is 20.5. The summed E-state index contributed by atoms with van der Waals surface area (Å²) in [5.74, 6) is 0.996. The van der Waals surface area contributed by atoms with Gasteiger partial charge in [-0.2, -0.15) is 8.78 Å². The van der Waals surface area contributed by atoms with Gasteiger partial charge in [-0.3, -0.25) is 19.7 Å². The lowest BCUT2D eigenvalue weighted by atomic mass is 10.0. The number of carboxylic acid groups (broad SMARTS) is 1. The fourth-order valence-electron chi connectivity index (χ4n) is 4.85. The molecule has 0 bridgehead atoms. The van der Waals surface area contributed by atoms with Gasteiger partial charge in [-0.1, -0.05) is 0 Å². The summed E-state index contributed by atoms with van der Waals surface area (Å²) < 4.78 is 42.3. The normalized spacial score (nSPS) is 16.1. The van der Waals surface area contributed by atoms with Crippen molar-refractivity contribution >= 4 is 17.1 Å². The minimum atomic E-state index is -2.99. The maximum Gasteiger partial charge on any atom is 0.407 e. The van der Waals surface area contributed by atoms with Gasteiger partial charge >= 0.3 is 12.7 Å². The van der Waals surface area contributed by atoms with Crippen LogP contribution in [0.15, 0.2) is 41.5 Å². The van der Waals surface area contributed by atoms with Gasteiger partial charge in [0.05, 0.1) is 35.7 Å². The smallest absolute Gasteiger partial charge is 0.407 e. The number of amides is 1. The van der Waals surface area contributed by atoms with Crippen LogP contribution in [0, 0.1) is 0 Å². The Balaban J connectivity index is 1.21. The molecule has 5 heterocycles. The first kappa shape index (κ1) is 25.6. The third-order valence-corrected chi connectivity index (χ3v) is 6.74. The number of pyridine rings is 3. The average Bonchev–Trinajstić information content (AvgIpc) is 2.91. The Labute approximate surface area is 216 Å². The SMILES string of the molecule is O=C(O)N(Cc1cc2c(cn1)OCCO2)C1CCN(CCn2c(=O)ccc3ncc(OC(F)F)cc32)CC1. The molecule has 1 amide bonds. The number of halogens is 2.